The highest BCUT2D eigenvalue weighted by atomic mass is 16.5. The van der Waals surface area contributed by atoms with Gasteiger partial charge in [0.25, 0.3) is 0 Å². The minimum atomic E-state index is -0.0253. The van der Waals surface area contributed by atoms with E-state index in [4.69, 9.17) is 9.26 Å². The van der Waals surface area contributed by atoms with Crippen LogP contribution in [-0.2, 0) is 16.6 Å². The van der Waals surface area contributed by atoms with E-state index < -0.39 is 0 Å². The fourth-order valence-corrected chi connectivity index (χ4v) is 4.18. The lowest BCUT2D eigenvalue weighted by molar-refractivity contribution is -0.121. The molecule has 162 valence electrons. The highest BCUT2D eigenvalue weighted by Crippen LogP contribution is 2.39. The summed E-state index contributed by atoms with van der Waals surface area (Å²) < 4.78 is 10.5. The third-order valence-corrected chi connectivity index (χ3v) is 5.94. The Bertz CT molecular complexity index is 982. The lowest BCUT2D eigenvalue weighted by Crippen LogP contribution is -2.42. The van der Waals surface area contributed by atoms with Gasteiger partial charge in [-0.1, -0.05) is 36.6 Å². The molecule has 1 aliphatic rings. The Morgan fingerprint density at radius 1 is 1.10 bits per heavy atom. The minimum Gasteiger partial charge on any atom is -0.497 e. The predicted octanol–water partition coefficient (Wildman–Crippen LogP) is 3.49. The number of carbonyl (C=O) groups excluding carboxylic acids is 1. The summed E-state index contributed by atoms with van der Waals surface area (Å²) in [5.41, 5.74) is 1.24. The van der Waals surface area contributed by atoms with Gasteiger partial charge in [-0.15, -0.1) is 0 Å². The fourth-order valence-electron chi connectivity index (χ4n) is 4.18. The molecule has 3 aromatic rings. The molecule has 1 aromatic carbocycles. The minimum absolute atomic E-state index is 0.0193. The average molecular weight is 422 g/mol. The maximum Gasteiger partial charge on any atom is 0.240 e. The summed E-state index contributed by atoms with van der Waals surface area (Å²) in [4.78, 5) is 25.1. The van der Waals surface area contributed by atoms with Crippen LogP contribution in [0.4, 0.5) is 0 Å². The molecule has 0 bridgehead atoms. The normalized spacial score (nSPS) is 15.4. The number of nitrogens with zero attached hydrogens (tertiary/aromatic N) is 4. The average Bonchev–Trinajstić information content (AvgIpc) is 3.32. The van der Waals surface area contributed by atoms with Gasteiger partial charge in [-0.3, -0.25) is 4.79 Å². The van der Waals surface area contributed by atoms with Gasteiger partial charge in [0.2, 0.25) is 23.4 Å². The quantitative estimate of drug-likeness (QED) is 0.594. The molecule has 8 nitrogen and oxygen atoms in total. The van der Waals surface area contributed by atoms with Crippen molar-refractivity contribution in [1.29, 1.82) is 0 Å². The van der Waals surface area contributed by atoms with Gasteiger partial charge in [0.1, 0.15) is 5.75 Å². The molecule has 1 N–H and O–H groups in total. The summed E-state index contributed by atoms with van der Waals surface area (Å²) in [5, 5.41) is 7.04. The van der Waals surface area contributed by atoms with Gasteiger partial charge < -0.3 is 14.6 Å². The van der Waals surface area contributed by atoms with Crippen LogP contribution < -0.4 is 10.1 Å². The van der Waals surface area contributed by atoms with Crippen LogP contribution in [0.25, 0.3) is 11.6 Å². The van der Waals surface area contributed by atoms with Crippen molar-refractivity contribution in [3.05, 3.63) is 54.2 Å². The zero-order valence-corrected chi connectivity index (χ0v) is 17.7. The van der Waals surface area contributed by atoms with E-state index in [9.17, 15) is 4.79 Å². The lowest BCUT2D eigenvalue weighted by atomic mass is 9.69. The van der Waals surface area contributed by atoms with E-state index in [0.29, 0.717) is 30.5 Å². The number of benzene rings is 1. The third-order valence-electron chi connectivity index (χ3n) is 5.94. The summed E-state index contributed by atoms with van der Waals surface area (Å²) in [6.07, 6.45) is 9.65. The van der Waals surface area contributed by atoms with Gasteiger partial charge >= 0.3 is 0 Å². The maximum absolute atomic E-state index is 12.6. The molecule has 1 aliphatic carbocycles. The molecule has 8 heteroatoms. The monoisotopic (exact) mass is 421 g/mol. The van der Waals surface area contributed by atoms with E-state index >= 15 is 0 Å². The Hall–Kier alpha value is -3.29. The van der Waals surface area contributed by atoms with Crippen molar-refractivity contribution in [2.75, 3.05) is 13.7 Å². The molecule has 0 unspecified atom stereocenters. The van der Waals surface area contributed by atoms with Gasteiger partial charge in [-0.25, -0.2) is 9.97 Å². The highest BCUT2D eigenvalue weighted by Gasteiger charge is 2.34. The van der Waals surface area contributed by atoms with Crippen molar-refractivity contribution < 1.29 is 14.1 Å². The second-order valence-corrected chi connectivity index (χ2v) is 7.93. The standard InChI is InChI=1S/C23H27N5O3/c1-30-18-8-6-17(7-9-18)23(12-3-2-4-13-23)16-26-19(29)10-11-20-27-22(28-31-20)21-24-14-5-15-25-21/h5-9,14-15H,2-4,10-13,16H2,1H3,(H,26,29). The number of methoxy groups -OCH3 is 1. The zero-order valence-electron chi connectivity index (χ0n) is 17.7. The Kier molecular flexibility index (Phi) is 6.54. The fraction of sp³-hybridized carbons (Fsp3) is 0.435. The first kappa shape index (κ1) is 21.0. The molecule has 0 saturated heterocycles. The van der Waals surface area contributed by atoms with Crippen molar-refractivity contribution in [3.8, 4) is 17.4 Å². The largest absolute Gasteiger partial charge is 0.497 e. The van der Waals surface area contributed by atoms with E-state index in [-0.39, 0.29) is 17.7 Å². The Balaban J connectivity index is 1.34. The molecule has 1 saturated carbocycles. The molecule has 4 rings (SSSR count). The van der Waals surface area contributed by atoms with E-state index in [1.807, 2.05) is 12.1 Å². The summed E-state index contributed by atoms with van der Waals surface area (Å²) in [6.45, 7) is 0.630. The van der Waals surface area contributed by atoms with Crippen LogP contribution in [0.3, 0.4) is 0 Å². The van der Waals surface area contributed by atoms with Crippen LogP contribution >= 0.6 is 0 Å². The van der Waals surface area contributed by atoms with Crippen LogP contribution in [0.5, 0.6) is 5.75 Å². The Morgan fingerprint density at radius 3 is 2.55 bits per heavy atom. The van der Waals surface area contributed by atoms with E-state index in [0.717, 1.165) is 18.6 Å². The number of ether oxygens (including phenoxy) is 1. The van der Waals surface area contributed by atoms with Gasteiger partial charge in [-0.05, 0) is 36.6 Å². The molecule has 2 aromatic heterocycles. The first-order valence-corrected chi connectivity index (χ1v) is 10.7. The van der Waals surface area contributed by atoms with Crippen LogP contribution in [-0.4, -0.2) is 39.7 Å². The molecule has 0 aliphatic heterocycles. The van der Waals surface area contributed by atoms with Crippen molar-refractivity contribution >= 4 is 5.91 Å². The molecule has 0 radical (unpaired) electrons. The first-order chi connectivity index (χ1) is 15.2. The lowest BCUT2D eigenvalue weighted by Gasteiger charge is -2.38. The van der Waals surface area contributed by atoms with Gasteiger partial charge in [0, 0.05) is 37.2 Å². The number of nitrogens with one attached hydrogen (secondary N) is 1. The SMILES string of the molecule is COc1ccc(C2(CNC(=O)CCc3nc(-c4ncccn4)no3)CCCCC2)cc1. The number of amides is 1. The summed E-state index contributed by atoms with van der Waals surface area (Å²) >= 11 is 0. The number of rotatable bonds is 8. The Labute approximate surface area is 181 Å². The van der Waals surface area contributed by atoms with Crippen LogP contribution in [0.1, 0.15) is 50.0 Å². The number of aryl methyl sites for hydroxylation is 1. The molecule has 1 fully saturated rings. The van der Waals surface area contributed by atoms with Crippen LogP contribution in [0.2, 0.25) is 0 Å². The second-order valence-electron chi connectivity index (χ2n) is 7.93. The van der Waals surface area contributed by atoms with E-state index in [1.165, 1.54) is 24.8 Å². The van der Waals surface area contributed by atoms with Crippen molar-refractivity contribution in [2.45, 2.75) is 50.4 Å². The maximum atomic E-state index is 12.6. The molecular weight excluding hydrogens is 394 g/mol. The van der Waals surface area contributed by atoms with Gasteiger partial charge in [-0.2, -0.15) is 4.98 Å². The highest BCUT2D eigenvalue weighted by molar-refractivity contribution is 5.76. The van der Waals surface area contributed by atoms with Gasteiger partial charge in [0.05, 0.1) is 7.11 Å². The predicted molar refractivity (Wildman–Crippen MR) is 114 cm³/mol. The van der Waals surface area contributed by atoms with E-state index in [2.05, 4.69) is 37.6 Å². The Morgan fingerprint density at radius 2 is 1.84 bits per heavy atom. The molecule has 1 amide bonds. The second kappa shape index (κ2) is 9.68. The topological polar surface area (TPSA) is 103 Å². The zero-order chi connectivity index (χ0) is 21.5. The number of hydrogen-bond donors (Lipinski definition) is 1. The summed E-state index contributed by atoms with van der Waals surface area (Å²) in [5.74, 6) is 1.96. The van der Waals surface area contributed by atoms with Crippen LogP contribution in [0.15, 0.2) is 47.2 Å². The number of aromatic nitrogens is 4. The van der Waals surface area contributed by atoms with Gasteiger partial charge in [0.15, 0.2) is 0 Å². The third kappa shape index (κ3) is 5.07. The number of hydrogen-bond acceptors (Lipinski definition) is 7. The molecular formula is C23H27N5O3. The number of carbonyl (C=O) groups is 1. The molecule has 0 spiro atoms. The first-order valence-electron chi connectivity index (χ1n) is 10.7. The molecule has 31 heavy (non-hydrogen) atoms. The van der Waals surface area contributed by atoms with E-state index in [1.54, 1.807) is 25.6 Å². The smallest absolute Gasteiger partial charge is 0.240 e. The summed E-state index contributed by atoms with van der Waals surface area (Å²) in [6, 6.07) is 9.97. The van der Waals surface area contributed by atoms with Crippen LogP contribution in [0, 0.1) is 0 Å². The van der Waals surface area contributed by atoms with Crippen molar-refractivity contribution in [2.24, 2.45) is 0 Å². The molecule has 0 atom stereocenters. The molecule has 2 heterocycles. The van der Waals surface area contributed by atoms with Crippen molar-refractivity contribution in [1.82, 2.24) is 25.4 Å². The summed E-state index contributed by atoms with van der Waals surface area (Å²) in [7, 11) is 1.67. The van der Waals surface area contributed by atoms with Crippen molar-refractivity contribution in [3.63, 3.8) is 0 Å².